The summed E-state index contributed by atoms with van der Waals surface area (Å²) < 4.78 is 32.0. The molecular weight excluding hydrogens is 338 g/mol. The maximum absolute atomic E-state index is 12.1. The highest BCUT2D eigenvalue weighted by Gasteiger charge is 2.07. The highest BCUT2D eigenvalue weighted by Crippen LogP contribution is 2.17. The number of hydrogen-bond acceptors (Lipinski definition) is 5. The molecule has 1 heterocycles. The Morgan fingerprint density at radius 2 is 1.48 bits per heavy atom. The smallest absolute Gasteiger partial charge is 0.322 e. The molecule has 0 saturated carbocycles. The van der Waals surface area contributed by atoms with Crippen LogP contribution in [0, 0.1) is 0 Å². The Bertz CT molecular complexity index is 942. The molecule has 0 aliphatic heterocycles. The van der Waals surface area contributed by atoms with E-state index in [1.807, 2.05) is 48.5 Å². The van der Waals surface area contributed by atoms with E-state index in [2.05, 4.69) is 14.7 Å². The van der Waals surface area contributed by atoms with Gasteiger partial charge in [-0.25, -0.2) is 18.4 Å². The number of sulfonamides is 1. The minimum absolute atomic E-state index is 0.133. The maximum atomic E-state index is 12.1. The van der Waals surface area contributed by atoms with E-state index in [0.29, 0.717) is 5.75 Å². The van der Waals surface area contributed by atoms with Crippen LogP contribution < -0.4 is 9.46 Å². The quantitative estimate of drug-likeness (QED) is 0.731. The molecule has 1 N–H and O–H groups in total. The highest BCUT2D eigenvalue weighted by molar-refractivity contribution is 7.95. The van der Waals surface area contributed by atoms with Gasteiger partial charge in [0.15, 0.2) is 0 Å². The zero-order valence-electron chi connectivity index (χ0n) is 13.1. The molecule has 3 aromatic rings. The normalized spacial score (nSPS) is 11.4. The van der Waals surface area contributed by atoms with Gasteiger partial charge in [0.2, 0.25) is 0 Å². The molecule has 0 saturated heterocycles. The number of benzene rings is 2. The van der Waals surface area contributed by atoms with E-state index in [0.717, 1.165) is 11.0 Å². The van der Waals surface area contributed by atoms with Crippen LogP contribution in [0.1, 0.15) is 5.56 Å². The Hall–Kier alpha value is -3.19. The summed E-state index contributed by atoms with van der Waals surface area (Å²) in [6, 6.07) is 18.4. The van der Waals surface area contributed by atoms with E-state index < -0.39 is 10.0 Å². The van der Waals surface area contributed by atoms with Crippen LogP contribution in [0.3, 0.4) is 0 Å². The van der Waals surface area contributed by atoms with Crippen LogP contribution >= 0.6 is 0 Å². The van der Waals surface area contributed by atoms with Gasteiger partial charge in [-0.1, -0.05) is 48.5 Å². The number of nitrogens with one attached hydrogen (secondary N) is 1. The Balaban J connectivity index is 1.65. The highest BCUT2D eigenvalue weighted by atomic mass is 32.2. The van der Waals surface area contributed by atoms with Gasteiger partial charge in [0, 0.05) is 0 Å². The topological polar surface area (TPSA) is 81.2 Å². The number of ether oxygens (including phenoxy) is 1. The first-order valence-electron chi connectivity index (χ1n) is 7.42. The van der Waals surface area contributed by atoms with Crippen LogP contribution in [-0.4, -0.2) is 18.4 Å². The number of hydrogen-bond donors (Lipinski definition) is 1. The molecule has 126 valence electrons. The van der Waals surface area contributed by atoms with Crippen LogP contribution in [0.2, 0.25) is 0 Å². The molecule has 0 spiro atoms. The number of rotatable bonds is 6. The van der Waals surface area contributed by atoms with E-state index in [1.54, 1.807) is 12.1 Å². The summed E-state index contributed by atoms with van der Waals surface area (Å²) in [5.74, 6) is 0.599. The lowest BCUT2D eigenvalue weighted by atomic mass is 10.2. The molecule has 6 nitrogen and oxygen atoms in total. The van der Waals surface area contributed by atoms with Gasteiger partial charge in [0.05, 0.1) is 23.5 Å². The second-order valence-corrected chi connectivity index (χ2v) is 6.60. The molecule has 1 aromatic heterocycles. The second-order valence-electron chi connectivity index (χ2n) is 5.03. The largest absolute Gasteiger partial charge is 0.424 e. The molecule has 7 heteroatoms. The Labute approximate surface area is 145 Å². The van der Waals surface area contributed by atoms with Crippen molar-refractivity contribution < 1.29 is 13.2 Å². The molecule has 0 fully saturated rings. The molecular formula is C18H15N3O3S. The summed E-state index contributed by atoms with van der Waals surface area (Å²) in [6.07, 6.45) is 4.20. The lowest BCUT2D eigenvalue weighted by Gasteiger charge is -2.06. The van der Waals surface area contributed by atoms with Gasteiger partial charge in [0.1, 0.15) is 5.75 Å². The molecule has 0 aliphatic rings. The molecule has 25 heavy (non-hydrogen) atoms. The van der Waals surface area contributed by atoms with Gasteiger partial charge in [-0.15, -0.1) is 0 Å². The van der Waals surface area contributed by atoms with Crippen molar-refractivity contribution in [3.63, 3.8) is 0 Å². The Morgan fingerprint density at radius 3 is 2.12 bits per heavy atom. The molecule has 0 unspecified atom stereocenters. The third kappa shape index (κ3) is 5.15. The van der Waals surface area contributed by atoms with Gasteiger partial charge in [0.25, 0.3) is 10.0 Å². The molecule has 3 rings (SSSR count). The lowest BCUT2D eigenvalue weighted by molar-refractivity contribution is 0.442. The molecule has 0 bridgehead atoms. The van der Waals surface area contributed by atoms with E-state index in [4.69, 9.17) is 4.74 Å². The molecule has 2 aromatic carbocycles. The first kappa shape index (κ1) is 16.7. The van der Waals surface area contributed by atoms with Crippen molar-refractivity contribution in [1.82, 2.24) is 9.97 Å². The van der Waals surface area contributed by atoms with Crippen LogP contribution in [-0.2, 0) is 10.0 Å². The van der Waals surface area contributed by atoms with Gasteiger partial charge < -0.3 is 4.74 Å². The Kier molecular flexibility index (Phi) is 5.06. The monoisotopic (exact) mass is 353 g/mol. The maximum Gasteiger partial charge on any atom is 0.322 e. The van der Waals surface area contributed by atoms with Crippen molar-refractivity contribution in [2.75, 3.05) is 4.72 Å². The fraction of sp³-hybridized carbons (Fsp3) is 0. The van der Waals surface area contributed by atoms with Gasteiger partial charge >= 0.3 is 6.01 Å². The third-order valence-electron chi connectivity index (χ3n) is 3.08. The van der Waals surface area contributed by atoms with Crippen molar-refractivity contribution in [2.24, 2.45) is 0 Å². The van der Waals surface area contributed by atoms with Crippen molar-refractivity contribution >= 4 is 21.8 Å². The first-order valence-corrected chi connectivity index (χ1v) is 8.96. The first-order chi connectivity index (χ1) is 12.1. The van der Waals surface area contributed by atoms with Crippen LogP contribution in [0.4, 0.5) is 5.69 Å². The van der Waals surface area contributed by atoms with Crippen molar-refractivity contribution in [3.8, 4) is 11.8 Å². The van der Waals surface area contributed by atoms with Gasteiger partial charge in [-0.2, -0.15) is 0 Å². The average molecular weight is 353 g/mol. The average Bonchev–Trinajstić information content (AvgIpc) is 2.63. The van der Waals surface area contributed by atoms with Gasteiger partial charge in [-0.3, -0.25) is 4.72 Å². The van der Waals surface area contributed by atoms with Crippen molar-refractivity contribution in [1.29, 1.82) is 0 Å². The van der Waals surface area contributed by atoms with Crippen molar-refractivity contribution in [3.05, 3.63) is 84.0 Å². The summed E-state index contributed by atoms with van der Waals surface area (Å²) in [4.78, 5) is 7.98. The summed E-state index contributed by atoms with van der Waals surface area (Å²) >= 11 is 0. The zero-order chi connectivity index (χ0) is 17.5. The van der Waals surface area contributed by atoms with E-state index in [-0.39, 0.29) is 11.7 Å². The fourth-order valence-electron chi connectivity index (χ4n) is 1.95. The second kappa shape index (κ2) is 7.59. The summed E-state index contributed by atoms with van der Waals surface area (Å²) in [5, 5.41) is 1.09. The SMILES string of the molecule is O=S(=O)(/C=C/c1ccccc1)Nc1cnc(Oc2ccccc2)nc1. The van der Waals surface area contributed by atoms with E-state index >= 15 is 0 Å². The van der Waals surface area contributed by atoms with Crippen LogP contribution in [0.25, 0.3) is 6.08 Å². The zero-order valence-corrected chi connectivity index (χ0v) is 13.9. The number of para-hydroxylation sites is 1. The van der Waals surface area contributed by atoms with Gasteiger partial charge in [-0.05, 0) is 23.8 Å². The molecule has 0 radical (unpaired) electrons. The minimum Gasteiger partial charge on any atom is -0.424 e. The molecule has 0 aliphatic carbocycles. The molecule has 0 amide bonds. The summed E-state index contributed by atoms with van der Waals surface area (Å²) in [5.41, 5.74) is 1.04. The lowest BCUT2D eigenvalue weighted by Crippen LogP contribution is -2.09. The van der Waals surface area contributed by atoms with Crippen LogP contribution in [0.15, 0.2) is 78.5 Å². The summed E-state index contributed by atoms with van der Waals surface area (Å²) in [6.45, 7) is 0. The van der Waals surface area contributed by atoms with E-state index in [1.165, 1.54) is 18.5 Å². The standard InChI is InChI=1S/C18H15N3O3S/c22-25(23,12-11-15-7-3-1-4-8-15)21-16-13-19-18(20-14-16)24-17-9-5-2-6-10-17/h1-14,21H/b12-11+. The molecule has 0 atom stereocenters. The van der Waals surface area contributed by atoms with E-state index in [9.17, 15) is 8.42 Å². The number of nitrogens with zero attached hydrogens (tertiary/aromatic N) is 2. The third-order valence-corrected chi connectivity index (χ3v) is 4.09. The number of aromatic nitrogens is 2. The fourth-order valence-corrected chi connectivity index (χ4v) is 2.78. The van der Waals surface area contributed by atoms with Crippen LogP contribution in [0.5, 0.6) is 11.8 Å². The predicted octanol–water partition coefficient (Wildman–Crippen LogP) is 3.68. The minimum atomic E-state index is -3.66. The van der Waals surface area contributed by atoms with Crippen molar-refractivity contribution in [2.45, 2.75) is 0 Å². The number of anilines is 1. The predicted molar refractivity (Wildman–Crippen MR) is 96.6 cm³/mol. The Morgan fingerprint density at radius 1 is 0.880 bits per heavy atom. The summed E-state index contributed by atoms with van der Waals surface area (Å²) in [7, 11) is -3.66.